The van der Waals surface area contributed by atoms with Crippen molar-refractivity contribution in [3.05, 3.63) is 17.8 Å². The van der Waals surface area contributed by atoms with Crippen molar-refractivity contribution in [2.75, 3.05) is 32.8 Å². The minimum absolute atomic E-state index is 0.0685. The number of rotatable bonds is 4. The SMILES string of the molecule is Cc1ccc(O[C@H]2CCN(C(=O)[C@H]3CC(=O)N(C4CCOCC4)C3)C2)nn1. The van der Waals surface area contributed by atoms with Gasteiger partial charge in [0.25, 0.3) is 0 Å². The Labute approximate surface area is 158 Å². The van der Waals surface area contributed by atoms with Crippen LogP contribution in [0, 0.1) is 12.8 Å². The van der Waals surface area contributed by atoms with Gasteiger partial charge in [0.05, 0.1) is 18.2 Å². The summed E-state index contributed by atoms with van der Waals surface area (Å²) in [6, 6.07) is 3.88. The number of hydrogen-bond donors (Lipinski definition) is 0. The first-order chi connectivity index (χ1) is 13.1. The van der Waals surface area contributed by atoms with Crippen LogP contribution < -0.4 is 4.74 Å². The lowest BCUT2D eigenvalue weighted by molar-refractivity contribution is -0.135. The minimum Gasteiger partial charge on any atom is -0.471 e. The number of nitrogens with zero attached hydrogens (tertiary/aromatic N) is 4. The van der Waals surface area contributed by atoms with Gasteiger partial charge in [-0.3, -0.25) is 9.59 Å². The van der Waals surface area contributed by atoms with Crippen molar-refractivity contribution in [3.63, 3.8) is 0 Å². The van der Waals surface area contributed by atoms with Crippen molar-refractivity contribution in [1.29, 1.82) is 0 Å². The van der Waals surface area contributed by atoms with Crippen LogP contribution in [0.15, 0.2) is 12.1 Å². The molecule has 0 spiro atoms. The maximum atomic E-state index is 12.9. The number of likely N-dealkylation sites (tertiary alicyclic amines) is 2. The Morgan fingerprint density at radius 1 is 1.19 bits per heavy atom. The van der Waals surface area contributed by atoms with Crippen LogP contribution in [0.1, 0.15) is 31.4 Å². The highest BCUT2D eigenvalue weighted by Crippen LogP contribution is 2.27. The fraction of sp³-hybridized carbons (Fsp3) is 0.684. The van der Waals surface area contributed by atoms with Crippen molar-refractivity contribution in [2.24, 2.45) is 5.92 Å². The summed E-state index contributed by atoms with van der Waals surface area (Å²) in [5.74, 6) is 0.418. The maximum absolute atomic E-state index is 12.9. The quantitative estimate of drug-likeness (QED) is 0.775. The third-order valence-corrected chi connectivity index (χ3v) is 5.66. The molecular weight excluding hydrogens is 348 g/mol. The summed E-state index contributed by atoms with van der Waals surface area (Å²) in [4.78, 5) is 29.0. The van der Waals surface area contributed by atoms with Crippen LogP contribution in [0.5, 0.6) is 5.88 Å². The molecule has 0 aromatic carbocycles. The van der Waals surface area contributed by atoms with E-state index in [9.17, 15) is 9.59 Å². The van der Waals surface area contributed by atoms with Gasteiger partial charge in [-0.15, -0.1) is 5.10 Å². The molecule has 2 amide bonds. The van der Waals surface area contributed by atoms with Gasteiger partial charge in [-0.25, -0.2) is 0 Å². The average Bonchev–Trinajstić information content (AvgIpc) is 3.30. The summed E-state index contributed by atoms with van der Waals surface area (Å²) < 4.78 is 11.2. The Kier molecular flexibility index (Phi) is 5.24. The Balaban J connectivity index is 1.31. The first-order valence-electron chi connectivity index (χ1n) is 9.73. The highest BCUT2D eigenvalue weighted by molar-refractivity contribution is 5.89. The number of aromatic nitrogens is 2. The van der Waals surface area contributed by atoms with Gasteiger partial charge in [-0.1, -0.05) is 0 Å². The second kappa shape index (κ2) is 7.80. The normalized spacial score (nSPS) is 26.6. The molecule has 0 unspecified atom stereocenters. The fourth-order valence-corrected chi connectivity index (χ4v) is 4.15. The highest BCUT2D eigenvalue weighted by atomic mass is 16.5. The van der Waals surface area contributed by atoms with E-state index in [2.05, 4.69) is 10.2 Å². The highest BCUT2D eigenvalue weighted by Gasteiger charge is 2.41. The molecular formula is C19H26N4O4. The summed E-state index contributed by atoms with van der Waals surface area (Å²) in [5, 5.41) is 8.02. The second-order valence-corrected chi connectivity index (χ2v) is 7.62. The fourth-order valence-electron chi connectivity index (χ4n) is 4.15. The minimum atomic E-state index is -0.238. The van der Waals surface area contributed by atoms with Gasteiger partial charge < -0.3 is 19.3 Å². The van der Waals surface area contributed by atoms with E-state index < -0.39 is 0 Å². The number of aryl methyl sites for hydroxylation is 1. The molecule has 2 atom stereocenters. The molecule has 0 radical (unpaired) electrons. The van der Waals surface area contributed by atoms with Crippen molar-refractivity contribution in [1.82, 2.24) is 20.0 Å². The van der Waals surface area contributed by atoms with E-state index in [0.29, 0.717) is 45.1 Å². The molecule has 0 bridgehead atoms. The van der Waals surface area contributed by atoms with Gasteiger partial charge in [0, 0.05) is 51.3 Å². The molecule has 0 N–H and O–H groups in total. The molecule has 0 aliphatic carbocycles. The summed E-state index contributed by atoms with van der Waals surface area (Å²) >= 11 is 0. The van der Waals surface area contributed by atoms with Gasteiger partial charge >= 0.3 is 0 Å². The number of ether oxygens (including phenoxy) is 2. The molecule has 8 nitrogen and oxygen atoms in total. The van der Waals surface area contributed by atoms with Crippen LogP contribution in [0.25, 0.3) is 0 Å². The maximum Gasteiger partial charge on any atom is 0.233 e. The Bertz CT molecular complexity index is 689. The van der Waals surface area contributed by atoms with E-state index in [-0.39, 0.29) is 29.9 Å². The molecule has 0 saturated carbocycles. The van der Waals surface area contributed by atoms with E-state index in [4.69, 9.17) is 9.47 Å². The average molecular weight is 374 g/mol. The lowest BCUT2D eigenvalue weighted by Gasteiger charge is -2.31. The van der Waals surface area contributed by atoms with Gasteiger partial charge in [0.15, 0.2) is 0 Å². The standard InChI is InChI=1S/C19H26N4O4/c1-13-2-3-17(21-20-13)27-16-4-7-22(12-16)19(25)14-10-18(24)23(11-14)15-5-8-26-9-6-15/h2-3,14-16H,4-12H2,1H3/t14-,16-/m0/s1. The summed E-state index contributed by atoms with van der Waals surface area (Å²) in [6.07, 6.45) is 2.75. The Morgan fingerprint density at radius 2 is 2.00 bits per heavy atom. The zero-order chi connectivity index (χ0) is 18.8. The predicted molar refractivity (Wildman–Crippen MR) is 96.0 cm³/mol. The van der Waals surface area contributed by atoms with E-state index in [1.165, 1.54) is 0 Å². The number of carbonyl (C=O) groups excluding carboxylic acids is 2. The zero-order valence-corrected chi connectivity index (χ0v) is 15.7. The van der Waals surface area contributed by atoms with Gasteiger partial charge in [0.1, 0.15) is 6.10 Å². The second-order valence-electron chi connectivity index (χ2n) is 7.62. The molecule has 3 aliphatic heterocycles. The molecule has 4 heterocycles. The van der Waals surface area contributed by atoms with E-state index in [1.54, 1.807) is 6.07 Å². The van der Waals surface area contributed by atoms with Gasteiger partial charge in [-0.05, 0) is 25.8 Å². The van der Waals surface area contributed by atoms with Gasteiger partial charge in [0.2, 0.25) is 17.7 Å². The third kappa shape index (κ3) is 4.05. The topological polar surface area (TPSA) is 84.9 Å². The van der Waals surface area contributed by atoms with E-state index in [0.717, 1.165) is 25.0 Å². The smallest absolute Gasteiger partial charge is 0.233 e. The molecule has 3 saturated heterocycles. The molecule has 27 heavy (non-hydrogen) atoms. The molecule has 146 valence electrons. The molecule has 4 rings (SSSR count). The van der Waals surface area contributed by atoms with Crippen molar-refractivity contribution in [2.45, 2.75) is 44.8 Å². The van der Waals surface area contributed by atoms with Crippen molar-refractivity contribution in [3.8, 4) is 5.88 Å². The Morgan fingerprint density at radius 3 is 2.74 bits per heavy atom. The lowest BCUT2D eigenvalue weighted by atomic mass is 10.1. The lowest BCUT2D eigenvalue weighted by Crippen LogP contribution is -2.42. The van der Waals surface area contributed by atoms with E-state index >= 15 is 0 Å². The first-order valence-corrected chi connectivity index (χ1v) is 9.73. The number of carbonyl (C=O) groups is 2. The monoisotopic (exact) mass is 374 g/mol. The molecule has 1 aromatic rings. The van der Waals surface area contributed by atoms with Gasteiger partial charge in [-0.2, -0.15) is 5.10 Å². The van der Waals surface area contributed by atoms with Crippen LogP contribution in [-0.2, 0) is 14.3 Å². The van der Waals surface area contributed by atoms with E-state index in [1.807, 2.05) is 22.8 Å². The molecule has 3 aliphatic rings. The first kappa shape index (κ1) is 18.2. The largest absolute Gasteiger partial charge is 0.471 e. The van der Waals surface area contributed by atoms with Crippen LogP contribution in [0.3, 0.4) is 0 Å². The third-order valence-electron chi connectivity index (χ3n) is 5.66. The number of amides is 2. The van der Waals surface area contributed by atoms with Crippen LogP contribution in [-0.4, -0.2) is 76.8 Å². The van der Waals surface area contributed by atoms with Crippen molar-refractivity contribution < 1.29 is 19.1 Å². The van der Waals surface area contributed by atoms with Crippen LogP contribution in [0.2, 0.25) is 0 Å². The van der Waals surface area contributed by atoms with Crippen molar-refractivity contribution >= 4 is 11.8 Å². The summed E-state index contributed by atoms with van der Waals surface area (Å²) in [7, 11) is 0. The molecule has 1 aromatic heterocycles. The summed E-state index contributed by atoms with van der Waals surface area (Å²) in [6.45, 7) is 4.99. The molecule has 8 heteroatoms. The van der Waals surface area contributed by atoms with Crippen LogP contribution in [0.4, 0.5) is 0 Å². The Hall–Kier alpha value is -2.22. The number of hydrogen-bond acceptors (Lipinski definition) is 6. The van der Waals surface area contributed by atoms with Crippen LogP contribution >= 0.6 is 0 Å². The molecule has 3 fully saturated rings. The zero-order valence-electron chi connectivity index (χ0n) is 15.7. The predicted octanol–water partition coefficient (Wildman–Crippen LogP) is 0.792. The summed E-state index contributed by atoms with van der Waals surface area (Å²) in [5.41, 5.74) is 0.838.